The van der Waals surface area contributed by atoms with Gasteiger partial charge in [0.2, 0.25) is 0 Å². The van der Waals surface area contributed by atoms with Crippen molar-refractivity contribution in [3.63, 3.8) is 0 Å². The summed E-state index contributed by atoms with van der Waals surface area (Å²) in [4.78, 5) is 0. The van der Waals surface area contributed by atoms with E-state index >= 15 is 0 Å². The van der Waals surface area contributed by atoms with E-state index in [1.807, 2.05) is 0 Å². The number of nitrogens with one attached hydrogen (secondary N) is 1. The largest absolute Gasteiger partial charge is 0.508 e. The molecule has 1 rings (SSSR count). The maximum atomic E-state index is 11.9. The molecule has 0 radical (unpaired) electrons. The van der Waals surface area contributed by atoms with E-state index in [1.54, 1.807) is 6.92 Å². The van der Waals surface area contributed by atoms with Gasteiger partial charge in [-0.1, -0.05) is 0 Å². The molecule has 0 spiro atoms. The number of alkyl halides is 3. The zero-order valence-corrected chi connectivity index (χ0v) is 9.25. The molecule has 0 fully saturated rings. The van der Waals surface area contributed by atoms with Crippen LogP contribution in [0.25, 0.3) is 0 Å². The average molecular weight is 249 g/mol. The van der Waals surface area contributed by atoms with Crippen LogP contribution in [0.2, 0.25) is 0 Å². The molecule has 0 aliphatic carbocycles. The first-order chi connectivity index (χ1) is 7.79. The highest BCUT2D eigenvalue weighted by atomic mass is 19.4. The number of hydrogen-bond donors (Lipinski definition) is 3. The van der Waals surface area contributed by atoms with Gasteiger partial charge in [0.05, 0.1) is 6.42 Å². The van der Waals surface area contributed by atoms with Crippen LogP contribution in [0, 0.1) is 0 Å². The highest BCUT2D eigenvalue weighted by Crippen LogP contribution is 2.28. The van der Waals surface area contributed by atoms with Gasteiger partial charge in [0.15, 0.2) is 0 Å². The van der Waals surface area contributed by atoms with Crippen LogP contribution in [0.5, 0.6) is 11.5 Å². The molecule has 1 aromatic carbocycles. The Hall–Kier alpha value is -1.43. The molecule has 17 heavy (non-hydrogen) atoms. The second-order valence-corrected chi connectivity index (χ2v) is 3.78. The molecule has 3 N–H and O–H groups in total. The maximum Gasteiger partial charge on any atom is 0.390 e. The second kappa shape index (κ2) is 5.27. The predicted octanol–water partition coefficient (Wildman–Crippen LogP) is 2.70. The van der Waals surface area contributed by atoms with E-state index in [0.717, 1.165) is 0 Å². The van der Waals surface area contributed by atoms with E-state index in [1.165, 1.54) is 18.2 Å². The Morgan fingerprint density at radius 3 is 2.53 bits per heavy atom. The summed E-state index contributed by atoms with van der Waals surface area (Å²) in [5.41, 5.74) is 0.368. The summed E-state index contributed by atoms with van der Waals surface area (Å²) in [5, 5.41) is 21.3. The van der Waals surface area contributed by atoms with Crippen LogP contribution in [-0.2, 0) is 0 Å². The van der Waals surface area contributed by atoms with Gasteiger partial charge >= 0.3 is 6.18 Å². The Bertz CT molecular complexity index is 379. The molecule has 0 amide bonds. The van der Waals surface area contributed by atoms with Gasteiger partial charge in [0.25, 0.3) is 0 Å². The lowest BCUT2D eigenvalue weighted by atomic mass is 10.1. The third kappa shape index (κ3) is 4.52. The predicted molar refractivity (Wildman–Crippen MR) is 56.9 cm³/mol. The number of benzene rings is 1. The Balaban J connectivity index is 2.58. The number of halogens is 3. The molecule has 3 nitrogen and oxygen atoms in total. The molecule has 1 atom stereocenters. The van der Waals surface area contributed by atoms with Crippen molar-refractivity contribution in [3.8, 4) is 11.5 Å². The second-order valence-electron chi connectivity index (χ2n) is 3.78. The SMILES string of the molecule is CC(NCCC(F)(F)F)c1cc(O)ccc1O. The first-order valence-electron chi connectivity index (χ1n) is 5.11. The van der Waals surface area contributed by atoms with E-state index in [9.17, 15) is 23.4 Å². The van der Waals surface area contributed by atoms with E-state index in [4.69, 9.17) is 0 Å². The molecule has 1 unspecified atom stereocenters. The minimum Gasteiger partial charge on any atom is -0.508 e. The highest BCUT2D eigenvalue weighted by molar-refractivity contribution is 5.40. The summed E-state index contributed by atoms with van der Waals surface area (Å²) in [7, 11) is 0. The van der Waals surface area contributed by atoms with Crippen molar-refractivity contribution >= 4 is 0 Å². The Kier molecular flexibility index (Phi) is 4.22. The fourth-order valence-electron chi connectivity index (χ4n) is 1.43. The summed E-state index contributed by atoms with van der Waals surface area (Å²) in [5.74, 6) is -0.0999. The topological polar surface area (TPSA) is 52.5 Å². The van der Waals surface area contributed by atoms with Crippen molar-refractivity contribution in [2.45, 2.75) is 25.6 Å². The van der Waals surface area contributed by atoms with Crippen LogP contribution in [-0.4, -0.2) is 22.9 Å². The molecule has 0 aromatic heterocycles. The van der Waals surface area contributed by atoms with Crippen molar-refractivity contribution in [3.05, 3.63) is 23.8 Å². The summed E-state index contributed by atoms with van der Waals surface area (Å²) >= 11 is 0. The van der Waals surface area contributed by atoms with Crippen molar-refractivity contribution in [1.82, 2.24) is 5.32 Å². The summed E-state index contributed by atoms with van der Waals surface area (Å²) in [6, 6.07) is 3.46. The van der Waals surface area contributed by atoms with E-state index in [2.05, 4.69) is 5.32 Å². The van der Waals surface area contributed by atoms with Gasteiger partial charge in [-0.25, -0.2) is 0 Å². The third-order valence-corrected chi connectivity index (χ3v) is 2.34. The maximum absolute atomic E-state index is 11.9. The summed E-state index contributed by atoms with van der Waals surface area (Å²) < 4.78 is 35.8. The van der Waals surface area contributed by atoms with Crippen LogP contribution >= 0.6 is 0 Å². The quantitative estimate of drug-likeness (QED) is 0.719. The number of phenols is 2. The van der Waals surface area contributed by atoms with Crippen molar-refractivity contribution < 1.29 is 23.4 Å². The van der Waals surface area contributed by atoms with Gasteiger partial charge < -0.3 is 15.5 Å². The van der Waals surface area contributed by atoms with Crippen LogP contribution in [0.1, 0.15) is 24.9 Å². The zero-order chi connectivity index (χ0) is 13.1. The van der Waals surface area contributed by atoms with Gasteiger partial charge in [-0.2, -0.15) is 13.2 Å². The Morgan fingerprint density at radius 1 is 1.29 bits per heavy atom. The molecule has 0 saturated heterocycles. The number of rotatable bonds is 4. The van der Waals surface area contributed by atoms with Crippen LogP contribution in [0.3, 0.4) is 0 Å². The Morgan fingerprint density at radius 2 is 1.94 bits per heavy atom. The number of phenolic OH excluding ortho intramolecular Hbond substituents is 2. The molecule has 96 valence electrons. The molecule has 0 bridgehead atoms. The Labute approximate surface area is 96.9 Å². The first kappa shape index (κ1) is 13.6. The minimum absolute atomic E-state index is 0.0396. The number of hydrogen-bond acceptors (Lipinski definition) is 3. The van der Waals surface area contributed by atoms with E-state index in [-0.39, 0.29) is 18.0 Å². The molecule has 1 aromatic rings. The van der Waals surface area contributed by atoms with Gasteiger partial charge in [0.1, 0.15) is 11.5 Å². The van der Waals surface area contributed by atoms with Gasteiger partial charge in [0, 0.05) is 18.2 Å². The van der Waals surface area contributed by atoms with Gasteiger partial charge in [-0.05, 0) is 25.1 Å². The third-order valence-electron chi connectivity index (χ3n) is 2.34. The summed E-state index contributed by atoms with van der Waals surface area (Å²) in [6.07, 6.45) is -5.13. The zero-order valence-electron chi connectivity index (χ0n) is 9.25. The normalized spacial score (nSPS) is 13.6. The molecule has 6 heteroatoms. The smallest absolute Gasteiger partial charge is 0.390 e. The standard InChI is InChI=1S/C11H14F3NO2/c1-7(15-5-4-11(12,13)14)9-6-8(16)2-3-10(9)17/h2-3,6-7,15-17H,4-5H2,1H3. The van der Waals surface area contributed by atoms with Gasteiger partial charge in [-0.3, -0.25) is 0 Å². The van der Waals surface area contributed by atoms with E-state index in [0.29, 0.717) is 5.56 Å². The monoisotopic (exact) mass is 249 g/mol. The molecule has 0 heterocycles. The molecule has 0 aliphatic rings. The van der Waals surface area contributed by atoms with Crippen molar-refractivity contribution in [2.24, 2.45) is 0 Å². The van der Waals surface area contributed by atoms with Crippen LogP contribution in [0.4, 0.5) is 13.2 Å². The van der Waals surface area contributed by atoms with Crippen LogP contribution in [0.15, 0.2) is 18.2 Å². The highest BCUT2D eigenvalue weighted by Gasteiger charge is 2.26. The average Bonchev–Trinajstić information content (AvgIpc) is 2.19. The summed E-state index contributed by atoms with van der Waals surface area (Å²) in [6.45, 7) is 1.38. The van der Waals surface area contributed by atoms with Gasteiger partial charge in [-0.15, -0.1) is 0 Å². The number of aromatic hydroxyl groups is 2. The minimum atomic E-state index is -4.20. The molecular weight excluding hydrogens is 235 g/mol. The molecular formula is C11H14F3NO2. The fourth-order valence-corrected chi connectivity index (χ4v) is 1.43. The fraction of sp³-hybridized carbons (Fsp3) is 0.455. The van der Waals surface area contributed by atoms with E-state index < -0.39 is 18.6 Å². The molecule has 0 aliphatic heterocycles. The lowest BCUT2D eigenvalue weighted by Crippen LogP contribution is -2.24. The lowest BCUT2D eigenvalue weighted by molar-refractivity contribution is -0.133. The van der Waals surface area contributed by atoms with Crippen LogP contribution < -0.4 is 5.32 Å². The molecule has 0 saturated carbocycles. The van der Waals surface area contributed by atoms with Crippen molar-refractivity contribution in [1.29, 1.82) is 0 Å². The van der Waals surface area contributed by atoms with Crippen molar-refractivity contribution in [2.75, 3.05) is 6.54 Å². The first-order valence-corrected chi connectivity index (χ1v) is 5.11. The lowest BCUT2D eigenvalue weighted by Gasteiger charge is -2.16.